The highest BCUT2D eigenvalue weighted by Crippen LogP contribution is 2.34. The van der Waals surface area contributed by atoms with E-state index in [0.29, 0.717) is 14.9 Å². The van der Waals surface area contributed by atoms with Gasteiger partial charge in [-0.25, -0.2) is 13.2 Å². The topological polar surface area (TPSA) is 80.8 Å². The third kappa shape index (κ3) is 4.27. The summed E-state index contributed by atoms with van der Waals surface area (Å²) < 4.78 is 32.6. The molecule has 158 valence electrons. The summed E-state index contributed by atoms with van der Waals surface area (Å²) in [7, 11) is -4.21. The van der Waals surface area contributed by atoms with Gasteiger partial charge in [0.25, 0.3) is 10.0 Å². The Labute approximate surface area is 181 Å². The molecule has 0 spiro atoms. The SMILES string of the molecule is C=CC(C)C1OC(=O)N(S(=O)(=O)c2ccc(C)cc2)C1CC(=O)c1ccc(Cl)cc1. The van der Waals surface area contributed by atoms with Crippen molar-refractivity contribution in [1.29, 1.82) is 0 Å². The average Bonchev–Trinajstić information content (AvgIpc) is 3.04. The predicted octanol–water partition coefficient (Wildman–Crippen LogP) is 4.62. The van der Waals surface area contributed by atoms with Crippen LogP contribution in [0.1, 0.15) is 29.3 Å². The van der Waals surface area contributed by atoms with E-state index in [1.807, 2.05) is 6.92 Å². The normalized spacial score (nSPS) is 20.0. The lowest BCUT2D eigenvalue weighted by Crippen LogP contribution is -2.43. The monoisotopic (exact) mass is 447 g/mol. The van der Waals surface area contributed by atoms with Gasteiger partial charge in [-0.15, -0.1) is 6.58 Å². The van der Waals surface area contributed by atoms with Gasteiger partial charge < -0.3 is 4.74 Å². The van der Waals surface area contributed by atoms with Crippen LogP contribution in [0, 0.1) is 12.8 Å². The van der Waals surface area contributed by atoms with Gasteiger partial charge >= 0.3 is 6.09 Å². The molecule has 1 aliphatic rings. The van der Waals surface area contributed by atoms with Crippen LogP contribution >= 0.6 is 11.6 Å². The Morgan fingerprint density at radius 2 is 1.80 bits per heavy atom. The zero-order valence-electron chi connectivity index (χ0n) is 16.6. The molecule has 6 nitrogen and oxygen atoms in total. The van der Waals surface area contributed by atoms with Crippen LogP contribution in [0.3, 0.4) is 0 Å². The van der Waals surface area contributed by atoms with Crippen LogP contribution in [-0.4, -0.2) is 36.7 Å². The van der Waals surface area contributed by atoms with Crippen LogP contribution in [0.2, 0.25) is 5.02 Å². The molecule has 3 unspecified atom stereocenters. The first kappa shape index (κ1) is 22.1. The van der Waals surface area contributed by atoms with Gasteiger partial charge in [-0.3, -0.25) is 4.79 Å². The molecule has 1 heterocycles. The van der Waals surface area contributed by atoms with Crippen LogP contribution in [0.15, 0.2) is 66.1 Å². The Kier molecular flexibility index (Phi) is 6.33. The van der Waals surface area contributed by atoms with Crippen molar-refractivity contribution in [2.45, 2.75) is 37.3 Å². The molecule has 1 amide bonds. The number of carbonyl (C=O) groups excluding carboxylic acids is 2. The number of hydrogen-bond acceptors (Lipinski definition) is 5. The van der Waals surface area contributed by atoms with Crippen molar-refractivity contribution in [1.82, 2.24) is 4.31 Å². The van der Waals surface area contributed by atoms with Gasteiger partial charge in [-0.1, -0.05) is 42.3 Å². The first-order chi connectivity index (χ1) is 14.1. The molecule has 0 aromatic heterocycles. The van der Waals surface area contributed by atoms with Crippen LogP contribution in [0.5, 0.6) is 0 Å². The van der Waals surface area contributed by atoms with Gasteiger partial charge in [0, 0.05) is 22.9 Å². The van der Waals surface area contributed by atoms with Gasteiger partial charge in [0.2, 0.25) is 0 Å². The molecule has 8 heteroatoms. The number of ketones is 1. The Hall–Kier alpha value is -2.64. The summed E-state index contributed by atoms with van der Waals surface area (Å²) in [6.07, 6.45) is -0.476. The Morgan fingerprint density at radius 3 is 2.37 bits per heavy atom. The fourth-order valence-corrected chi connectivity index (χ4v) is 4.97. The second kappa shape index (κ2) is 8.62. The maximum absolute atomic E-state index is 13.3. The summed E-state index contributed by atoms with van der Waals surface area (Å²) in [5, 5.41) is 0.479. The van der Waals surface area contributed by atoms with E-state index in [1.165, 1.54) is 12.1 Å². The highest BCUT2D eigenvalue weighted by Gasteiger charge is 2.50. The van der Waals surface area contributed by atoms with E-state index < -0.39 is 28.3 Å². The van der Waals surface area contributed by atoms with Crippen molar-refractivity contribution >= 4 is 33.5 Å². The number of amides is 1. The fraction of sp³-hybridized carbons (Fsp3) is 0.273. The molecular formula is C22H22ClNO5S. The molecule has 0 radical (unpaired) electrons. The minimum atomic E-state index is -4.21. The van der Waals surface area contributed by atoms with E-state index in [-0.39, 0.29) is 23.0 Å². The zero-order valence-corrected chi connectivity index (χ0v) is 18.2. The predicted molar refractivity (Wildman–Crippen MR) is 114 cm³/mol. The first-order valence-corrected chi connectivity index (χ1v) is 11.2. The maximum atomic E-state index is 13.3. The molecule has 0 aliphatic carbocycles. The smallest absolute Gasteiger partial charge is 0.424 e. The number of ether oxygens (including phenoxy) is 1. The quantitative estimate of drug-likeness (QED) is 0.457. The van der Waals surface area contributed by atoms with Gasteiger partial charge in [0.05, 0.1) is 10.9 Å². The molecular weight excluding hydrogens is 426 g/mol. The van der Waals surface area contributed by atoms with Gasteiger partial charge in [-0.2, -0.15) is 4.31 Å². The molecule has 3 atom stereocenters. The Morgan fingerprint density at radius 1 is 1.20 bits per heavy atom. The minimum Gasteiger partial charge on any atom is -0.442 e. The van der Waals surface area contributed by atoms with Crippen LogP contribution in [0.25, 0.3) is 0 Å². The second-order valence-corrected chi connectivity index (χ2v) is 9.51. The largest absolute Gasteiger partial charge is 0.442 e. The number of aryl methyl sites for hydroxylation is 1. The molecule has 1 fully saturated rings. The van der Waals surface area contributed by atoms with Crippen molar-refractivity contribution in [3.63, 3.8) is 0 Å². The number of nitrogens with zero attached hydrogens (tertiary/aromatic N) is 1. The summed E-state index contributed by atoms with van der Waals surface area (Å²) in [5.41, 5.74) is 1.25. The van der Waals surface area contributed by atoms with E-state index >= 15 is 0 Å². The van der Waals surface area contributed by atoms with Crippen molar-refractivity contribution < 1.29 is 22.7 Å². The number of cyclic esters (lactones) is 1. The van der Waals surface area contributed by atoms with E-state index in [0.717, 1.165) is 5.56 Å². The Balaban J connectivity index is 1.99. The standard InChI is InChI=1S/C22H22ClNO5S/c1-4-15(3)21-19(13-20(25)16-7-9-17(23)10-8-16)24(22(26)29-21)30(27,28)18-11-5-14(2)6-12-18/h4-12,15,19,21H,1,13H2,2-3H3. The molecule has 30 heavy (non-hydrogen) atoms. The lowest BCUT2D eigenvalue weighted by molar-refractivity contribution is 0.0887. The van der Waals surface area contributed by atoms with Gasteiger partial charge in [0.15, 0.2) is 5.78 Å². The van der Waals surface area contributed by atoms with E-state index in [1.54, 1.807) is 49.4 Å². The second-order valence-electron chi connectivity index (χ2n) is 7.26. The molecule has 2 aromatic rings. The molecule has 0 saturated carbocycles. The number of sulfonamides is 1. The maximum Gasteiger partial charge on any atom is 0.424 e. The summed E-state index contributed by atoms with van der Waals surface area (Å²) in [5.74, 6) is -0.671. The number of halogens is 1. The number of carbonyl (C=O) groups is 2. The number of hydrogen-bond donors (Lipinski definition) is 0. The number of benzene rings is 2. The average molecular weight is 448 g/mol. The molecule has 0 bridgehead atoms. The van der Waals surface area contributed by atoms with Crippen molar-refractivity contribution in [3.05, 3.63) is 77.3 Å². The van der Waals surface area contributed by atoms with E-state index in [4.69, 9.17) is 16.3 Å². The molecule has 0 N–H and O–H groups in total. The number of rotatable bonds is 7. The highest BCUT2D eigenvalue weighted by molar-refractivity contribution is 7.89. The fourth-order valence-electron chi connectivity index (χ4n) is 3.35. The van der Waals surface area contributed by atoms with Gasteiger partial charge in [-0.05, 0) is 43.3 Å². The van der Waals surface area contributed by atoms with E-state index in [2.05, 4.69) is 6.58 Å². The van der Waals surface area contributed by atoms with Crippen molar-refractivity contribution in [2.24, 2.45) is 5.92 Å². The zero-order chi connectivity index (χ0) is 22.1. The molecule has 1 aliphatic heterocycles. The highest BCUT2D eigenvalue weighted by atomic mass is 35.5. The third-order valence-corrected chi connectivity index (χ3v) is 7.18. The first-order valence-electron chi connectivity index (χ1n) is 9.38. The lowest BCUT2D eigenvalue weighted by atomic mass is 9.93. The summed E-state index contributed by atoms with van der Waals surface area (Å²) in [4.78, 5) is 25.5. The molecule has 3 rings (SSSR count). The minimum absolute atomic E-state index is 0.0408. The molecule has 2 aromatic carbocycles. The van der Waals surface area contributed by atoms with Crippen molar-refractivity contribution in [2.75, 3.05) is 0 Å². The van der Waals surface area contributed by atoms with Crippen LogP contribution in [-0.2, 0) is 14.8 Å². The van der Waals surface area contributed by atoms with Crippen molar-refractivity contribution in [3.8, 4) is 0 Å². The number of Topliss-reactive ketones (excluding diaryl/α,β-unsaturated/α-hetero) is 1. The third-order valence-electron chi connectivity index (χ3n) is 5.13. The summed E-state index contributed by atoms with van der Waals surface area (Å²) >= 11 is 5.88. The van der Waals surface area contributed by atoms with Crippen LogP contribution in [0.4, 0.5) is 4.79 Å². The van der Waals surface area contributed by atoms with Crippen LogP contribution < -0.4 is 0 Å². The molecule has 1 saturated heterocycles. The summed E-state index contributed by atoms with van der Waals surface area (Å²) in [6.45, 7) is 7.29. The Bertz CT molecular complexity index is 1060. The van der Waals surface area contributed by atoms with Gasteiger partial charge in [0.1, 0.15) is 6.10 Å². The van der Waals surface area contributed by atoms with E-state index in [9.17, 15) is 18.0 Å². The summed E-state index contributed by atoms with van der Waals surface area (Å²) in [6, 6.07) is 11.4. The lowest BCUT2D eigenvalue weighted by Gasteiger charge is -2.25.